The molecule has 1 aromatic heterocycles. The summed E-state index contributed by atoms with van der Waals surface area (Å²) >= 11 is 0. The molecule has 116 valence electrons. The number of halogens is 1. The normalized spacial score (nSPS) is 10.8. The first-order valence-corrected chi connectivity index (χ1v) is 7.00. The van der Waals surface area contributed by atoms with Crippen LogP contribution in [0.15, 0.2) is 35.3 Å². The summed E-state index contributed by atoms with van der Waals surface area (Å²) in [5.41, 5.74) is 2.26. The molecule has 2 aromatic rings. The molecule has 0 radical (unpaired) electrons. The molecule has 0 unspecified atom stereocenters. The summed E-state index contributed by atoms with van der Waals surface area (Å²) in [5, 5.41) is 0. The van der Waals surface area contributed by atoms with Gasteiger partial charge in [0.25, 0.3) is 0 Å². The van der Waals surface area contributed by atoms with Gasteiger partial charge in [-0.15, -0.1) is 0 Å². The molecule has 22 heavy (non-hydrogen) atoms. The monoisotopic (exact) mass is 303 g/mol. The number of hydrogen-bond acceptors (Lipinski definition) is 3. The van der Waals surface area contributed by atoms with Crippen LogP contribution in [0.25, 0.3) is 11.1 Å². The van der Waals surface area contributed by atoms with Gasteiger partial charge in [0.05, 0.1) is 13.5 Å². The summed E-state index contributed by atoms with van der Waals surface area (Å²) in [4.78, 5) is 25.7. The number of nitrogens with one attached hydrogen (secondary N) is 1. The number of methoxy groups -OCH3 is 1. The Bertz CT molecular complexity index is 750. The molecule has 1 heterocycles. The van der Waals surface area contributed by atoms with Crippen molar-refractivity contribution in [2.45, 2.75) is 26.2 Å². The van der Waals surface area contributed by atoms with Crippen molar-refractivity contribution in [3.63, 3.8) is 0 Å². The molecule has 0 fully saturated rings. The van der Waals surface area contributed by atoms with Gasteiger partial charge in [-0.05, 0) is 46.4 Å². The first kappa shape index (κ1) is 15.9. The van der Waals surface area contributed by atoms with Gasteiger partial charge in [0, 0.05) is 12.3 Å². The summed E-state index contributed by atoms with van der Waals surface area (Å²) < 4.78 is 18.7. The van der Waals surface area contributed by atoms with E-state index in [-0.39, 0.29) is 17.9 Å². The lowest BCUT2D eigenvalue weighted by Gasteiger charge is -2.17. The van der Waals surface area contributed by atoms with Gasteiger partial charge in [-0.25, -0.2) is 4.39 Å². The number of aromatic nitrogens is 1. The average molecular weight is 303 g/mol. The number of rotatable bonds is 4. The van der Waals surface area contributed by atoms with Crippen LogP contribution in [0.4, 0.5) is 4.39 Å². The van der Waals surface area contributed by atoms with Gasteiger partial charge in [-0.2, -0.15) is 0 Å². The van der Waals surface area contributed by atoms with E-state index in [9.17, 15) is 14.0 Å². The Morgan fingerprint density at radius 2 is 2.05 bits per heavy atom. The van der Waals surface area contributed by atoms with Crippen molar-refractivity contribution in [2.24, 2.45) is 0 Å². The number of benzene rings is 1. The smallest absolute Gasteiger partial charge is 0.310 e. The minimum Gasteiger partial charge on any atom is -0.469 e. The first-order valence-electron chi connectivity index (χ1n) is 7.00. The van der Waals surface area contributed by atoms with Gasteiger partial charge >= 0.3 is 5.97 Å². The van der Waals surface area contributed by atoms with Crippen molar-refractivity contribution in [3.05, 3.63) is 57.8 Å². The quantitative estimate of drug-likeness (QED) is 0.883. The molecule has 0 bridgehead atoms. The van der Waals surface area contributed by atoms with Gasteiger partial charge in [0.1, 0.15) is 5.82 Å². The molecule has 5 heteroatoms. The van der Waals surface area contributed by atoms with Crippen LogP contribution in [-0.2, 0) is 16.0 Å². The first-order chi connectivity index (χ1) is 10.4. The van der Waals surface area contributed by atoms with Crippen LogP contribution < -0.4 is 5.56 Å². The maximum Gasteiger partial charge on any atom is 0.310 e. The Balaban J connectivity index is 2.70. The SMILES string of the molecule is COC(=O)Cc1c(-c2cc[nH]c(=O)c2)cc(F)cc1C(C)C. The number of H-pyrrole nitrogens is 1. The van der Waals surface area contributed by atoms with E-state index in [2.05, 4.69) is 4.98 Å². The number of pyridine rings is 1. The third-order valence-electron chi connectivity index (χ3n) is 3.51. The maximum atomic E-state index is 14.0. The number of aromatic amines is 1. The van der Waals surface area contributed by atoms with Crippen LogP contribution in [0.5, 0.6) is 0 Å². The molecule has 4 nitrogen and oxygen atoms in total. The van der Waals surface area contributed by atoms with Crippen molar-refractivity contribution in [3.8, 4) is 11.1 Å². The molecule has 0 saturated heterocycles. The average Bonchev–Trinajstić information content (AvgIpc) is 2.48. The van der Waals surface area contributed by atoms with Crippen LogP contribution in [0.3, 0.4) is 0 Å². The van der Waals surface area contributed by atoms with E-state index in [4.69, 9.17) is 4.74 Å². The molecule has 2 rings (SSSR count). The molecule has 0 atom stereocenters. The van der Waals surface area contributed by atoms with Gasteiger partial charge in [0.2, 0.25) is 5.56 Å². The predicted molar refractivity (Wildman–Crippen MR) is 82.3 cm³/mol. The van der Waals surface area contributed by atoms with E-state index in [0.29, 0.717) is 16.7 Å². The topological polar surface area (TPSA) is 59.2 Å². The second-order valence-corrected chi connectivity index (χ2v) is 5.37. The zero-order chi connectivity index (χ0) is 16.3. The van der Waals surface area contributed by atoms with E-state index >= 15 is 0 Å². The highest BCUT2D eigenvalue weighted by Crippen LogP contribution is 2.31. The van der Waals surface area contributed by atoms with Crippen LogP contribution in [0.2, 0.25) is 0 Å². The second kappa shape index (κ2) is 6.56. The number of carbonyl (C=O) groups excluding carboxylic acids is 1. The van der Waals surface area contributed by atoms with Crippen molar-refractivity contribution >= 4 is 5.97 Å². The summed E-state index contributed by atoms with van der Waals surface area (Å²) in [5.74, 6) is -0.761. The van der Waals surface area contributed by atoms with Crippen LogP contribution in [0.1, 0.15) is 30.9 Å². The largest absolute Gasteiger partial charge is 0.469 e. The van der Waals surface area contributed by atoms with Gasteiger partial charge in [-0.1, -0.05) is 13.8 Å². The fourth-order valence-electron chi connectivity index (χ4n) is 2.46. The second-order valence-electron chi connectivity index (χ2n) is 5.37. The predicted octanol–water partition coefficient (Wildman–Crippen LogP) is 3.02. The lowest BCUT2D eigenvalue weighted by atomic mass is 9.88. The molecule has 1 aromatic carbocycles. The summed E-state index contributed by atoms with van der Waals surface area (Å²) in [7, 11) is 1.31. The van der Waals surface area contributed by atoms with Crippen molar-refractivity contribution in [1.82, 2.24) is 4.98 Å². The van der Waals surface area contributed by atoms with E-state index in [0.717, 1.165) is 5.56 Å². The standard InChI is InChI=1S/C17H18FNO3/c1-10(2)13-7-12(18)8-14(15(13)9-17(21)22-3)11-4-5-19-16(20)6-11/h4-8,10H,9H2,1-3H3,(H,19,20). The van der Waals surface area contributed by atoms with Crippen LogP contribution >= 0.6 is 0 Å². The molecular weight excluding hydrogens is 285 g/mol. The highest BCUT2D eigenvalue weighted by molar-refractivity contribution is 5.79. The zero-order valence-corrected chi connectivity index (χ0v) is 12.8. The third kappa shape index (κ3) is 3.42. The van der Waals surface area contributed by atoms with Gasteiger partial charge in [-0.3, -0.25) is 9.59 Å². The van der Waals surface area contributed by atoms with Crippen molar-refractivity contribution < 1.29 is 13.9 Å². The summed E-state index contributed by atoms with van der Waals surface area (Å²) in [6.45, 7) is 3.86. The minimum absolute atomic E-state index is 0.0342. The Morgan fingerprint density at radius 1 is 1.32 bits per heavy atom. The minimum atomic E-state index is -0.403. The highest BCUT2D eigenvalue weighted by atomic mass is 19.1. The molecule has 0 saturated carbocycles. The molecular formula is C17H18FNO3. The fraction of sp³-hybridized carbons (Fsp3) is 0.294. The fourth-order valence-corrected chi connectivity index (χ4v) is 2.46. The maximum absolute atomic E-state index is 14.0. The number of hydrogen-bond donors (Lipinski definition) is 1. The molecule has 0 amide bonds. The van der Waals surface area contributed by atoms with Crippen molar-refractivity contribution in [2.75, 3.05) is 7.11 Å². The Labute approximate surface area is 127 Å². The number of carbonyl (C=O) groups is 1. The molecule has 0 aliphatic heterocycles. The van der Waals surface area contributed by atoms with E-state index in [1.54, 1.807) is 6.07 Å². The van der Waals surface area contributed by atoms with Gasteiger partial charge < -0.3 is 9.72 Å². The molecule has 0 aliphatic carbocycles. The highest BCUT2D eigenvalue weighted by Gasteiger charge is 2.18. The third-order valence-corrected chi connectivity index (χ3v) is 3.51. The Kier molecular flexibility index (Phi) is 4.75. The van der Waals surface area contributed by atoms with Crippen LogP contribution in [-0.4, -0.2) is 18.1 Å². The Morgan fingerprint density at radius 3 is 2.64 bits per heavy atom. The number of esters is 1. The van der Waals surface area contributed by atoms with Crippen molar-refractivity contribution in [1.29, 1.82) is 0 Å². The molecule has 0 aliphatic rings. The van der Waals surface area contributed by atoms with E-state index in [1.807, 2.05) is 13.8 Å². The molecule has 1 N–H and O–H groups in total. The van der Waals surface area contributed by atoms with Gasteiger partial charge in [0.15, 0.2) is 0 Å². The van der Waals surface area contributed by atoms with Crippen LogP contribution in [0, 0.1) is 5.82 Å². The lowest BCUT2D eigenvalue weighted by Crippen LogP contribution is -2.11. The van der Waals surface area contributed by atoms with E-state index in [1.165, 1.54) is 31.5 Å². The molecule has 0 spiro atoms. The summed E-state index contributed by atoms with van der Waals surface area (Å²) in [6.07, 6.45) is 1.53. The lowest BCUT2D eigenvalue weighted by molar-refractivity contribution is -0.139. The Hall–Kier alpha value is -2.43. The number of ether oxygens (including phenoxy) is 1. The zero-order valence-electron chi connectivity index (χ0n) is 12.8. The summed E-state index contributed by atoms with van der Waals surface area (Å²) in [6, 6.07) is 5.85. The van der Waals surface area contributed by atoms with E-state index < -0.39 is 11.8 Å².